The predicted octanol–water partition coefficient (Wildman–Crippen LogP) is 0.591. The Morgan fingerprint density at radius 2 is 2.11 bits per heavy atom. The molecule has 4 N–H and O–H groups in total. The number of carbonyl (C=O) groups is 1. The highest BCUT2D eigenvalue weighted by atomic mass is 35.5. The van der Waals surface area contributed by atoms with E-state index in [1.165, 1.54) is 12.1 Å². The van der Waals surface area contributed by atoms with Crippen molar-refractivity contribution >= 4 is 33.2 Å². The van der Waals surface area contributed by atoms with E-state index in [1.54, 1.807) is 13.0 Å². The number of sulfonamides is 1. The molecule has 0 saturated heterocycles. The lowest BCUT2D eigenvalue weighted by atomic mass is 10.2. The van der Waals surface area contributed by atoms with Crippen LogP contribution in [0.3, 0.4) is 0 Å². The fraction of sp³-hybridized carbons (Fsp3) is 0.364. The summed E-state index contributed by atoms with van der Waals surface area (Å²) < 4.78 is 25.1. The van der Waals surface area contributed by atoms with Gasteiger partial charge in [0.15, 0.2) is 0 Å². The molecule has 1 aromatic carbocycles. The van der Waals surface area contributed by atoms with Gasteiger partial charge in [0, 0.05) is 18.8 Å². The lowest BCUT2D eigenvalue weighted by molar-refractivity contribution is 0.0956. The van der Waals surface area contributed by atoms with Crippen LogP contribution in [0.4, 0.5) is 5.69 Å². The third-order valence-electron chi connectivity index (χ3n) is 2.26. The van der Waals surface area contributed by atoms with Gasteiger partial charge in [0.05, 0.1) is 16.3 Å². The van der Waals surface area contributed by atoms with E-state index < -0.39 is 15.9 Å². The first-order valence-corrected chi connectivity index (χ1v) is 7.69. The highest BCUT2D eigenvalue weighted by molar-refractivity contribution is 7.89. The molecule has 8 heteroatoms. The van der Waals surface area contributed by atoms with Crippen molar-refractivity contribution in [1.82, 2.24) is 10.0 Å². The van der Waals surface area contributed by atoms with Gasteiger partial charge in [-0.3, -0.25) is 4.79 Å². The molecule has 0 spiro atoms. The standard InChI is InChI=1S/C11H16ClN3O3S/c1-2-15-19(17,18)6-5-14-11(16)9-7-8(13)3-4-10(9)12/h3-4,7,15H,2,5-6,13H2,1H3,(H,14,16). The molecule has 0 bridgehead atoms. The molecule has 0 aliphatic heterocycles. The van der Waals surface area contributed by atoms with E-state index in [-0.39, 0.29) is 22.9 Å². The van der Waals surface area contributed by atoms with E-state index in [2.05, 4.69) is 10.0 Å². The lowest BCUT2D eigenvalue weighted by Gasteiger charge is -2.08. The van der Waals surface area contributed by atoms with E-state index >= 15 is 0 Å². The number of rotatable bonds is 6. The van der Waals surface area contributed by atoms with Gasteiger partial charge in [-0.05, 0) is 18.2 Å². The van der Waals surface area contributed by atoms with Crippen molar-refractivity contribution in [2.45, 2.75) is 6.92 Å². The summed E-state index contributed by atoms with van der Waals surface area (Å²) in [6.45, 7) is 2.00. The zero-order chi connectivity index (χ0) is 14.5. The molecule has 0 fully saturated rings. The number of anilines is 1. The van der Waals surface area contributed by atoms with Crippen molar-refractivity contribution < 1.29 is 13.2 Å². The van der Waals surface area contributed by atoms with E-state index in [1.807, 2.05) is 0 Å². The van der Waals surface area contributed by atoms with Crippen molar-refractivity contribution in [3.63, 3.8) is 0 Å². The van der Waals surface area contributed by atoms with Gasteiger partial charge in [0.25, 0.3) is 5.91 Å². The van der Waals surface area contributed by atoms with Crippen LogP contribution in [0, 0.1) is 0 Å². The van der Waals surface area contributed by atoms with E-state index in [4.69, 9.17) is 17.3 Å². The SMILES string of the molecule is CCNS(=O)(=O)CCNC(=O)c1cc(N)ccc1Cl. The Balaban J connectivity index is 2.59. The zero-order valence-corrected chi connectivity index (χ0v) is 12.0. The van der Waals surface area contributed by atoms with Crippen LogP contribution in [0.2, 0.25) is 5.02 Å². The second-order valence-corrected chi connectivity index (χ2v) is 6.15. The first kappa shape index (κ1) is 15.7. The van der Waals surface area contributed by atoms with E-state index in [0.717, 1.165) is 0 Å². The van der Waals surface area contributed by atoms with Crippen LogP contribution in [0.15, 0.2) is 18.2 Å². The quantitative estimate of drug-likeness (QED) is 0.670. The molecular weight excluding hydrogens is 290 g/mol. The molecule has 0 aliphatic carbocycles. The number of carbonyl (C=O) groups excluding carboxylic acids is 1. The number of amides is 1. The van der Waals surface area contributed by atoms with Gasteiger partial charge in [-0.15, -0.1) is 0 Å². The van der Waals surface area contributed by atoms with Gasteiger partial charge < -0.3 is 11.1 Å². The van der Waals surface area contributed by atoms with Crippen LogP contribution in [-0.2, 0) is 10.0 Å². The van der Waals surface area contributed by atoms with Gasteiger partial charge in [-0.1, -0.05) is 18.5 Å². The van der Waals surface area contributed by atoms with Crippen LogP contribution in [0.5, 0.6) is 0 Å². The molecule has 0 radical (unpaired) electrons. The van der Waals surface area contributed by atoms with Crippen molar-refractivity contribution in [2.24, 2.45) is 0 Å². The van der Waals surface area contributed by atoms with Crippen LogP contribution in [-0.4, -0.2) is 33.2 Å². The Hall–Kier alpha value is -1.31. The maximum Gasteiger partial charge on any atom is 0.252 e. The lowest BCUT2D eigenvalue weighted by Crippen LogP contribution is -2.34. The Labute approximate surface area is 117 Å². The minimum absolute atomic E-state index is 0.000700. The summed E-state index contributed by atoms with van der Waals surface area (Å²) in [5.41, 5.74) is 6.19. The molecule has 0 saturated carbocycles. The maximum atomic E-state index is 11.8. The van der Waals surface area contributed by atoms with Gasteiger partial charge in [-0.2, -0.15) is 0 Å². The second-order valence-electron chi connectivity index (χ2n) is 3.81. The second kappa shape index (κ2) is 6.74. The number of benzene rings is 1. The van der Waals surface area contributed by atoms with Crippen LogP contribution in [0.25, 0.3) is 0 Å². The normalized spacial score (nSPS) is 11.3. The van der Waals surface area contributed by atoms with Crippen LogP contribution < -0.4 is 15.8 Å². The van der Waals surface area contributed by atoms with Crippen molar-refractivity contribution in [1.29, 1.82) is 0 Å². The summed E-state index contributed by atoms with van der Waals surface area (Å²) in [4.78, 5) is 11.8. The molecular formula is C11H16ClN3O3S. The third kappa shape index (κ3) is 5.06. The molecule has 0 unspecified atom stereocenters. The molecule has 0 aromatic heterocycles. The number of nitrogen functional groups attached to an aromatic ring is 1. The molecule has 1 amide bonds. The Morgan fingerprint density at radius 3 is 2.74 bits per heavy atom. The summed E-state index contributed by atoms with van der Waals surface area (Å²) in [5.74, 6) is -0.643. The third-order valence-corrected chi connectivity index (χ3v) is 4.06. The fourth-order valence-electron chi connectivity index (χ4n) is 1.40. The zero-order valence-electron chi connectivity index (χ0n) is 10.4. The highest BCUT2D eigenvalue weighted by Gasteiger charge is 2.13. The van der Waals surface area contributed by atoms with Crippen molar-refractivity contribution in [3.05, 3.63) is 28.8 Å². The molecule has 0 atom stereocenters. The molecule has 1 rings (SSSR count). The Bertz CT molecular complexity index is 560. The maximum absolute atomic E-state index is 11.8. The van der Waals surface area contributed by atoms with Gasteiger partial charge >= 0.3 is 0 Å². The summed E-state index contributed by atoms with van der Waals surface area (Å²) in [5, 5.41) is 2.75. The summed E-state index contributed by atoms with van der Waals surface area (Å²) in [7, 11) is -3.35. The van der Waals surface area contributed by atoms with Gasteiger partial charge in [0.1, 0.15) is 0 Å². The predicted molar refractivity (Wildman–Crippen MR) is 75.7 cm³/mol. The molecule has 0 heterocycles. The molecule has 0 aliphatic rings. The Kier molecular flexibility index (Phi) is 5.59. The van der Waals surface area contributed by atoms with E-state index in [9.17, 15) is 13.2 Å². The molecule has 1 aromatic rings. The smallest absolute Gasteiger partial charge is 0.252 e. The van der Waals surface area contributed by atoms with Crippen molar-refractivity contribution in [3.8, 4) is 0 Å². The minimum atomic E-state index is -3.35. The highest BCUT2D eigenvalue weighted by Crippen LogP contribution is 2.18. The minimum Gasteiger partial charge on any atom is -0.399 e. The number of nitrogens with two attached hydrogens (primary N) is 1. The Morgan fingerprint density at radius 1 is 1.42 bits per heavy atom. The van der Waals surface area contributed by atoms with Gasteiger partial charge in [-0.25, -0.2) is 13.1 Å². The number of hydrogen-bond acceptors (Lipinski definition) is 4. The topological polar surface area (TPSA) is 101 Å². The number of hydrogen-bond donors (Lipinski definition) is 3. The molecule has 19 heavy (non-hydrogen) atoms. The molecule has 106 valence electrons. The number of nitrogens with one attached hydrogen (secondary N) is 2. The van der Waals surface area contributed by atoms with E-state index in [0.29, 0.717) is 12.2 Å². The molecule has 6 nitrogen and oxygen atoms in total. The van der Waals surface area contributed by atoms with Crippen LogP contribution >= 0.6 is 11.6 Å². The van der Waals surface area contributed by atoms with Crippen LogP contribution in [0.1, 0.15) is 17.3 Å². The first-order valence-electron chi connectivity index (χ1n) is 5.66. The van der Waals surface area contributed by atoms with Gasteiger partial charge in [0.2, 0.25) is 10.0 Å². The average Bonchev–Trinajstić information content (AvgIpc) is 2.31. The van der Waals surface area contributed by atoms with Crippen molar-refractivity contribution in [2.75, 3.05) is 24.6 Å². The largest absolute Gasteiger partial charge is 0.399 e. The summed E-state index contributed by atoms with van der Waals surface area (Å²) in [6, 6.07) is 4.53. The average molecular weight is 306 g/mol. The first-order chi connectivity index (χ1) is 8.85. The monoisotopic (exact) mass is 305 g/mol. The fourth-order valence-corrected chi connectivity index (χ4v) is 2.56. The summed E-state index contributed by atoms with van der Waals surface area (Å²) >= 11 is 5.86. The number of halogens is 1. The summed E-state index contributed by atoms with van der Waals surface area (Å²) in [6.07, 6.45) is 0.